The number of hydrogen-bond donors (Lipinski definition) is 0. The number of aromatic nitrogens is 2. The summed E-state index contributed by atoms with van der Waals surface area (Å²) in [5, 5.41) is 4.46. The quantitative estimate of drug-likeness (QED) is 0.795. The summed E-state index contributed by atoms with van der Waals surface area (Å²) < 4.78 is 7.69. The van der Waals surface area contributed by atoms with Crippen LogP contribution in [0.1, 0.15) is 47.9 Å². The minimum atomic E-state index is 0.0857. The van der Waals surface area contributed by atoms with Crippen molar-refractivity contribution in [2.75, 3.05) is 19.7 Å². The summed E-state index contributed by atoms with van der Waals surface area (Å²) in [6, 6.07) is 10.1. The summed E-state index contributed by atoms with van der Waals surface area (Å²) in [5.41, 5.74) is 2.88. The van der Waals surface area contributed by atoms with Gasteiger partial charge in [0.05, 0.1) is 12.3 Å². The molecule has 1 aliphatic heterocycles. The molecule has 26 heavy (non-hydrogen) atoms. The van der Waals surface area contributed by atoms with E-state index in [0.29, 0.717) is 18.2 Å². The molecule has 1 amide bonds. The SMILES string of the molecule is CCCc1cc(C(=O)N2CCCC(COc3cccc(C)c3)C2)n(C)n1. The van der Waals surface area contributed by atoms with E-state index < -0.39 is 0 Å². The second kappa shape index (κ2) is 8.39. The van der Waals surface area contributed by atoms with Crippen molar-refractivity contribution in [3.8, 4) is 5.75 Å². The Morgan fingerprint density at radius 3 is 2.96 bits per heavy atom. The first-order valence-corrected chi connectivity index (χ1v) is 9.58. The van der Waals surface area contributed by atoms with E-state index in [2.05, 4.69) is 31.1 Å². The molecule has 1 aromatic carbocycles. The fraction of sp³-hybridized carbons (Fsp3) is 0.524. The fourth-order valence-corrected chi connectivity index (χ4v) is 3.57. The molecule has 1 saturated heterocycles. The molecule has 0 radical (unpaired) electrons. The number of aryl methyl sites for hydroxylation is 3. The molecule has 2 aromatic rings. The Balaban J connectivity index is 1.60. The molecule has 1 aromatic heterocycles. The molecule has 5 nitrogen and oxygen atoms in total. The lowest BCUT2D eigenvalue weighted by Gasteiger charge is -2.32. The Hall–Kier alpha value is -2.30. The third kappa shape index (κ3) is 4.45. The number of rotatable bonds is 6. The van der Waals surface area contributed by atoms with Gasteiger partial charge in [0.25, 0.3) is 5.91 Å². The summed E-state index contributed by atoms with van der Waals surface area (Å²) in [7, 11) is 1.86. The molecule has 1 fully saturated rings. The first-order valence-electron chi connectivity index (χ1n) is 9.58. The topological polar surface area (TPSA) is 47.4 Å². The summed E-state index contributed by atoms with van der Waals surface area (Å²) in [4.78, 5) is 14.9. The van der Waals surface area contributed by atoms with Gasteiger partial charge in [-0.05, 0) is 49.9 Å². The third-order valence-electron chi connectivity index (χ3n) is 4.94. The van der Waals surface area contributed by atoms with Crippen LogP contribution in [0.3, 0.4) is 0 Å². The van der Waals surface area contributed by atoms with Gasteiger partial charge >= 0.3 is 0 Å². The Labute approximate surface area is 156 Å². The van der Waals surface area contributed by atoms with Gasteiger partial charge in [-0.25, -0.2) is 0 Å². The fourth-order valence-electron chi connectivity index (χ4n) is 3.57. The summed E-state index contributed by atoms with van der Waals surface area (Å²) in [5.74, 6) is 1.36. The Bertz CT molecular complexity index is 753. The van der Waals surface area contributed by atoms with Crippen molar-refractivity contribution in [3.05, 3.63) is 47.3 Å². The standard InChI is InChI=1S/C21H29N3O2/c1-4-7-18-13-20(23(3)22-18)21(25)24-11-6-9-17(14-24)15-26-19-10-5-8-16(2)12-19/h5,8,10,12-13,17H,4,6-7,9,11,14-15H2,1-3H3. The van der Waals surface area contributed by atoms with Crippen molar-refractivity contribution < 1.29 is 9.53 Å². The number of carbonyl (C=O) groups excluding carboxylic acids is 1. The van der Waals surface area contributed by atoms with Crippen LogP contribution in [0.4, 0.5) is 0 Å². The maximum Gasteiger partial charge on any atom is 0.272 e. The van der Waals surface area contributed by atoms with Gasteiger partial charge in [0, 0.05) is 26.1 Å². The number of nitrogens with zero attached hydrogens (tertiary/aromatic N) is 3. The molecule has 0 N–H and O–H groups in total. The van der Waals surface area contributed by atoms with Crippen LogP contribution in [0, 0.1) is 12.8 Å². The monoisotopic (exact) mass is 355 g/mol. The van der Waals surface area contributed by atoms with Crippen molar-refractivity contribution in [3.63, 3.8) is 0 Å². The van der Waals surface area contributed by atoms with Crippen molar-refractivity contribution in [2.45, 2.75) is 39.5 Å². The van der Waals surface area contributed by atoms with E-state index in [4.69, 9.17) is 4.74 Å². The van der Waals surface area contributed by atoms with Crippen LogP contribution in [0.2, 0.25) is 0 Å². The number of likely N-dealkylation sites (tertiary alicyclic amines) is 1. The molecule has 0 bridgehead atoms. The van der Waals surface area contributed by atoms with E-state index in [1.165, 1.54) is 5.56 Å². The van der Waals surface area contributed by atoms with Crippen LogP contribution in [0.5, 0.6) is 5.75 Å². The van der Waals surface area contributed by atoms with Crippen molar-refractivity contribution in [1.29, 1.82) is 0 Å². The van der Waals surface area contributed by atoms with Gasteiger partial charge < -0.3 is 9.64 Å². The van der Waals surface area contributed by atoms with Crippen LogP contribution in [-0.2, 0) is 13.5 Å². The summed E-state index contributed by atoms with van der Waals surface area (Å²) in [6.07, 6.45) is 4.07. The van der Waals surface area contributed by atoms with Crippen LogP contribution < -0.4 is 4.74 Å². The number of hydrogen-bond acceptors (Lipinski definition) is 3. The second-order valence-corrected chi connectivity index (χ2v) is 7.28. The molecular weight excluding hydrogens is 326 g/mol. The van der Waals surface area contributed by atoms with Crippen LogP contribution >= 0.6 is 0 Å². The average molecular weight is 355 g/mol. The highest BCUT2D eigenvalue weighted by molar-refractivity contribution is 5.92. The average Bonchev–Trinajstić information content (AvgIpc) is 3.00. The van der Waals surface area contributed by atoms with Gasteiger partial charge in [-0.2, -0.15) is 5.10 Å². The van der Waals surface area contributed by atoms with E-state index in [9.17, 15) is 4.79 Å². The van der Waals surface area contributed by atoms with Gasteiger partial charge in [-0.3, -0.25) is 9.48 Å². The molecule has 3 rings (SSSR count). The first kappa shape index (κ1) is 18.5. The molecule has 1 unspecified atom stereocenters. The minimum Gasteiger partial charge on any atom is -0.493 e. The Morgan fingerprint density at radius 2 is 2.19 bits per heavy atom. The highest BCUT2D eigenvalue weighted by Gasteiger charge is 2.27. The van der Waals surface area contributed by atoms with Crippen LogP contribution in [-0.4, -0.2) is 40.3 Å². The molecule has 2 heterocycles. The predicted molar refractivity (Wildman–Crippen MR) is 103 cm³/mol. The van der Waals surface area contributed by atoms with Crippen LogP contribution in [0.25, 0.3) is 0 Å². The largest absolute Gasteiger partial charge is 0.493 e. The van der Waals surface area contributed by atoms with Gasteiger partial charge in [-0.1, -0.05) is 25.5 Å². The van der Waals surface area contributed by atoms with E-state index >= 15 is 0 Å². The van der Waals surface area contributed by atoms with Crippen molar-refractivity contribution in [1.82, 2.24) is 14.7 Å². The van der Waals surface area contributed by atoms with Crippen molar-refractivity contribution in [2.24, 2.45) is 13.0 Å². The van der Waals surface area contributed by atoms with E-state index in [0.717, 1.165) is 50.2 Å². The molecule has 1 aliphatic rings. The molecular formula is C21H29N3O2. The number of piperidine rings is 1. The number of amides is 1. The zero-order valence-electron chi connectivity index (χ0n) is 16.1. The summed E-state index contributed by atoms with van der Waals surface area (Å²) >= 11 is 0. The molecule has 5 heteroatoms. The molecule has 0 spiro atoms. The van der Waals surface area contributed by atoms with E-state index in [1.807, 2.05) is 30.1 Å². The zero-order chi connectivity index (χ0) is 18.5. The lowest BCUT2D eigenvalue weighted by Crippen LogP contribution is -2.42. The maximum absolute atomic E-state index is 12.9. The van der Waals surface area contributed by atoms with E-state index in [1.54, 1.807) is 4.68 Å². The molecule has 0 saturated carbocycles. The first-order chi connectivity index (χ1) is 12.6. The molecule has 140 valence electrons. The van der Waals surface area contributed by atoms with E-state index in [-0.39, 0.29) is 5.91 Å². The Kier molecular flexibility index (Phi) is 5.96. The van der Waals surface area contributed by atoms with Gasteiger partial charge in [0.2, 0.25) is 0 Å². The predicted octanol–water partition coefficient (Wildman–Crippen LogP) is 3.61. The molecule has 1 atom stereocenters. The smallest absolute Gasteiger partial charge is 0.272 e. The number of carbonyl (C=O) groups is 1. The zero-order valence-corrected chi connectivity index (χ0v) is 16.1. The lowest BCUT2D eigenvalue weighted by atomic mass is 9.98. The van der Waals surface area contributed by atoms with Crippen LogP contribution in [0.15, 0.2) is 30.3 Å². The minimum absolute atomic E-state index is 0.0857. The second-order valence-electron chi connectivity index (χ2n) is 7.28. The molecule has 0 aliphatic carbocycles. The summed E-state index contributed by atoms with van der Waals surface area (Å²) in [6.45, 7) is 6.40. The van der Waals surface area contributed by atoms with Crippen molar-refractivity contribution >= 4 is 5.91 Å². The van der Waals surface area contributed by atoms with Gasteiger partial charge in [0.1, 0.15) is 11.4 Å². The lowest BCUT2D eigenvalue weighted by molar-refractivity contribution is 0.0622. The highest BCUT2D eigenvalue weighted by Crippen LogP contribution is 2.21. The van der Waals surface area contributed by atoms with Gasteiger partial charge in [0.15, 0.2) is 0 Å². The Morgan fingerprint density at radius 1 is 1.35 bits per heavy atom. The van der Waals surface area contributed by atoms with Gasteiger partial charge in [-0.15, -0.1) is 0 Å². The maximum atomic E-state index is 12.9. The highest BCUT2D eigenvalue weighted by atomic mass is 16.5. The normalized spacial score (nSPS) is 17.3. The number of benzene rings is 1. The number of ether oxygens (including phenoxy) is 1. The third-order valence-corrected chi connectivity index (χ3v) is 4.94.